The minimum atomic E-state index is 0.0784. The predicted octanol–water partition coefficient (Wildman–Crippen LogP) is 1.29. The molecule has 10 heavy (non-hydrogen) atoms. The minimum absolute atomic E-state index is 0.0784. The zero-order valence-corrected chi connectivity index (χ0v) is 6.89. The molecule has 2 N–H and O–H groups in total. The second-order valence-corrected chi connectivity index (χ2v) is 3.59. The van der Waals surface area contributed by atoms with Crippen molar-refractivity contribution in [3.63, 3.8) is 0 Å². The zero-order chi connectivity index (χ0) is 7.61. The van der Waals surface area contributed by atoms with Crippen LogP contribution in [0.15, 0.2) is 0 Å². The van der Waals surface area contributed by atoms with Crippen LogP contribution in [0.4, 0.5) is 0 Å². The third-order valence-electron chi connectivity index (χ3n) is 2.41. The van der Waals surface area contributed by atoms with Crippen molar-refractivity contribution in [1.82, 2.24) is 0 Å². The first-order valence-electron chi connectivity index (χ1n) is 3.96. The highest BCUT2D eigenvalue weighted by molar-refractivity contribution is 4.85. The highest BCUT2D eigenvalue weighted by Crippen LogP contribution is 2.26. The van der Waals surface area contributed by atoms with E-state index >= 15 is 0 Å². The van der Waals surface area contributed by atoms with Crippen LogP contribution in [0.3, 0.4) is 0 Å². The molecule has 0 spiro atoms. The standard InChI is InChI=1S/C8H17NO/c1-8(9)5-3-7(10-2)4-6-8/h7H,3-6,9H2,1-2H3. The SMILES string of the molecule is COC1CCC(C)(N)CC1. The summed E-state index contributed by atoms with van der Waals surface area (Å²) >= 11 is 0. The Kier molecular flexibility index (Phi) is 2.32. The van der Waals surface area contributed by atoms with Gasteiger partial charge in [0, 0.05) is 12.6 Å². The molecule has 0 aromatic heterocycles. The van der Waals surface area contributed by atoms with Crippen molar-refractivity contribution in [3.8, 4) is 0 Å². The van der Waals surface area contributed by atoms with Gasteiger partial charge >= 0.3 is 0 Å². The van der Waals surface area contributed by atoms with Crippen molar-refractivity contribution in [1.29, 1.82) is 0 Å². The second-order valence-electron chi connectivity index (χ2n) is 3.59. The number of methoxy groups -OCH3 is 1. The summed E-state index contributed by atoms with van der Waals surface area (Å²) in [6, 6.07) is 0. The van der Waals surface area contributed by atoms with Crippen LogP contribution in [0, 0.1) is 0 Å². The highest BCUT2D eigenvalue weighted by atomic mass is 16.5. The van der Waals surface area contributed by atoms with E-state index in [2.05, 4.69) is 6.92 Å². The fraction of sp³-hybridized carbons (Fsp3) is 1.00. The average Bonchev–Trinajstić information content (AvgIpc) is 1.88. The van der Waals surface area contributed by atoms with E-state index in [0.717, 1.165) is 25.7 Å². The summed E-state index contributed by atoms with van der Waals surface area (Å²) in [6.07, 6.45) is 4.93. The van der Waals surface area contributed by atoms with Gasteiger partial charge < -0.3 is 10.5 Å². The first-order chi connectivity index (χ1) is 4.64. The summed E-state index contributed by atoms with van der Waals surface area (Å²) in [5, 5.41) is 0. The lowest BCUT2D eigenvalue weighted by Gasteiger charge is -2.33. The fourth-order valence-electron chi connectivity index (χ4n) is 1.49. The Morgan fingerprint density at radius 2 is 1.90 bits per heavy atom. The van der Waals surface area contributed by atoms with Gasteiger partial charge in [0.25, 0.3) is 0 Å². The zero-order valence-electron chi connectivity index (χ0n) is 6.89. The van der Waals surface area contributed by atoms with E-state index in [-0.39, 0.29) is 5.54 Å². The van der Waals surface area contributed by atoms with Gasteiger partial charge in [-0.05, 0) is 32.6 Å². The Balaban J connectivity index is 2.31. The molecule has 60 valence electrons. The molecular formula is C8H17NO. The largest absolute Gasteiger partial charge is 0.381 e. The van der Waals surface area contributed by atoms with Crippen molar-refractivity contribution in [2.45, 2.75) is 44.2 Å². The van der Waals surface area contributed by atoms with E-state index in [1.165, 1.54) is 0 Å². The van der Waals surface area contributed by atoms with Crippen LogP contribution < -0.4 is 5.73 Å². The maximum atomic E-state index is 5.94. The number of ether oxygens (including phenoxy) is 1. The van der Waals surface area contributed by atoms with Gasteiger partial charge in [-0.3, -0.25) is 0 Å². The molecule has 0 aromatic rings. The Hall–Kier alpha value is -0.0800. The molecule has 0 heterocycles. The van der Waals surface area contributed by atoms with Crippen molar-refractivity contribution in [3.05, 3.63) is 0 Å². The normalized spacial score (nSPS) is 41.7. The molecule has 1 fully saturated rings. The molecule has 1 aliphatic rings. The molecule has 1 rings (SSSR count). The van der Waals surface area contributed by atoms with Gasteiger partial charge in [0.05, 0.1) is 6.10 Å². The number of hydrogen-bond acceptors (Lipinski definition) is 2. The maximum Gasteiger partial charge on any atom is 0.0572 e. The maximum absolute atomic E-state index is 5.94. The Morgan fingerprint density at radius 1 is 1.40 bits per heavy atom. The van der Waals surface area contributed by atoms with Gasteiger partial charge in [-0.1, -0.05) is 0 Å². The molecule has 0 atom stereocenters. The molecule has 0 amide bonds. The Bertz CT molecular complexity index is 102. The Morgan fingerprint density at radius 3 is 2.30 bits per heavy atom. The minimum Gasteiger partial charge on any atom is -0.381 e. The van der Waals surface area contributed by atoms with E-state index in [0.29, 0.717) is 6.10 Å². The average molecular weight is 143 g/mol. The Labute approximate surface area is 62.7 Å². The summed E-state index contributed by atoms with van der Waals surface area (Å²) in [4.78, 5) is 0. The van der Waals surface area contributed by atoms with Gasteiger partial charge in [-0.2, -0.15) is 0 Å². The van der Waals surface area contributed by atoms with Crippen LogP contribution in [0.5, 0.6) is 0 Å². The molecule has 0 radical (unpaired) electrons. The second kappa shape index (κ2) is 2.89. The third kappa shape index (κ3) is 1.96. The van der Waals surface area contributed by atoms with Crippen LogP contribution in [0.2, 0.25) is 0 Å². The summed E-state index contributed by atoms with van der Waals surface area (Å²) in [6.45, 7) is 2.12. The first kappa shape index (κ1) is 8.02. The predicted molar refractivity (Wildman–Crippen MR) is 41.9 cm³/mol. The van der Waals surface area contributed by atoms with Crippen LogP contribution in [0.25, 0.3) is 0 Å². The van der Waals surface area contributed by atoms with Gasteiger partial charge in [0.15, 0.2) is 0 Å². The number of hydrogen-bond donors (Lipinski definition) is 1. The van der Waals surface area contributed by atoms with E-state index in [4.69, 9.17) is 10.5 Å². The molecule has 0 saturated heterocycles. The summed E-state index contributed by atoms with van der Waals surface area (Å²) in [5.74, 6) is 0. The fourth-order valence-corrected chi connectivity index (χ4v) is 1.49. The molecule has 0 unspecified atom stereocenters. The molecule has 0 bridgehead atoms. The molecule has 1 aliphatic carbocycles. The summed E-state index contributed by atoms with van der Waals surface area (Å²) in [5.41, 5.74) is 6.02. The van der Waals surface area contributed by atoms with Crippen LogP contribution in [-0.2, 0) is 4.74 Å². The van der Waals surface area contributed by atoms with Crippen LogP contribution >= 0.6 is 0 Å². The van der Waals surface area contributed by atoms with E-state index in [1.807, 2.05) is 0 Å². The topological polar surface area (TPSA) is 35.2 Å². The van der Waals surface area contributed by atoms with Crippen LogP contribution in [-0.4, -0.2) is 18.8 Å². The smallest absolute Gasteiger partial charge is 0.0572 e. The molecule has 0 aromatic carbocycles. The van der Waals surface area contributed by atoms with Gasteiger partial charge in [-0.15, -0.1) is 0 Å². The molecule has 1 saturated carbocycles. The lowest BCUT2D eigenvalue weighted by Crippen LogP contribution is -2.41. The van der Waals surface area contributed by atoms with E-state index in [9.17, 15) is 0 Å². The summed E-state index contributed by atoms with van der Waals surface area (Å²) < 4.78 is 5.23. The van der Waals surface area contributed by atoms with E-state index in [1.54, 1.807) is 7.11 Å². The number of nitrogens with two attached hydrogens (primary N) is 1. The lowest BCUT2D eigenvalue weighted by atomic mass is 9.83. The van der Waals surface area contributed by atoms with Gasteiger partial charge in [-0.25, -0.2) is 0 Å². The summed E-state index contributed by atoms with van der Waals surface area (Å²) in [7, 11) is 1.78. The molecular weight excluding hydrogens is 126 g/mol. The van der Waals surface area contributed by atoms with E-state index < -0.39 is 0 Å². The third-order valence-corrected chi connectivity index (χ3v) is 2.41. The monoisotopic (exact) mass is 143 g/mol. The van der Waals surface area contributed by atoms with Crippen LogP contribution in [0.1, 0.15) is 32.6 Å². The quantitative estimate of drug-likeness (QED) is 0.600. The number of rotatable bonds is 1. The van der Waals surface area contributed by atoms with Crippen molar-refractivity contribution in [2.24, 2.45) is 5.73 Å². The molecule has 2 nitrogen and oxygen atoms in total. The molecule has 2 heteroatoms. The van der Waals surface area contributed by atoms with Gasteiger partial charge in [0.1, 0.15) is 0 Å². The highest BCUT2D eigenvalue weighted by Gasteiger charge is 2.26. The van der Waals surface area contributed by atoms with Gasteiger partial charge in [0.2, 0.25) is 0 Å². The molecule has 0 aliphatic heterocycles. The lowest BCUT2D eigenvalue weighted by molar-refractivity contribution is 0.0531. The first-order valence-corrected chi connectivity index (χ1v) is 3.96. The van der Waals surface area contributed by atoms with Crippen molar-refractivity contribution >= 4 is 0 Å². The van der Waals surface area contributed by atoms with Crippen molar-refractivity contribution < 1.29 is 4.74 Å². The van der Waals surface area contributed by atoms with Crippen molar-refractivity contribution in [2.75, 3.05) is 7.11 Å².